The van der Waals surface area contributed by atoms with E-state index in [0.29, 0.717) is 12.3 Å². The van der Waals surface area contributed by atoms with E-state index in [1.54, 1.807) is 38.5 Å². The fraction of sp³-hybridized carbons (Fsp3) is 0.278. The number of methoxy groups -OCH3 is 2. The lowest BCUT2D eigenvalue weighted by molar-refractivity contribution is -0.123. The second kappa shape index (κ2) is 8.80. The van der Waals surface area contributed by atoms with Gasteiger partial charge in [0.1, 0.15) is 11.5 Å². The van der Waals surface area contributed by atoms with E-state index < -0.39 is 0 Å². The summed E-state index contributed by atoms with van der Waals surface area (Å²) in [5.41, 5.74) is 1.02. The van der Waals surface area contributed by atoms with Crippen LogP contribution in [0.2, 0.25) is 0 Å². The smallest absolute Gasteiger partial charge is 0.258 e. The van der Waals surface area contributed by atoms with Crippen LogP contribution in [0, 0.1) is 0 Å². The number of hydrogen-bond donors (Lipinski definition) is 1. The van der Waals surface area contributed by atoms with Crippen molar-refractivity contribution < 1.29 is 19.0 Å². The number of ether oxygens (including phenoxy) is 3. The molecule has 0 saturated carbocycles. The molecule has 122 valence electrons. The van der Waals surface area contributed by atoms with Crippen LogP contribution in [-0.4, -0.2) is 33.3 Å². The third-order valence-electron chi connectivity index (χ3n) is 3.37. The minimum Gasteiger partial charge on any atom is -0.497 e. The van der Waals surface area contributed by atoms with E-state index >= 15 is 0 Å². The Bertz CT molecular complexity index is 598. The molecule has 1 N–H and O–H groups in total. The van der Waals surface area contributed by atoms with Crippen LogP contribution in [0.15, 0.2) is 54.6 Å². The quantitative estimate of drug-likeness (QED) is 0.813. The molecular weight excluding hydrogens is 294 g/mol. The van der Waals surface area contributed by atoms with Crippen molar-refractivity contribution in [3.63, 3.8) is 0 Å². The Morgan fingerprint density at radius 2 is 1.65 bits per heavy atom. The minimum atomic E-state index is -0.196. The van der Waals surface area contributed by atoms with E-state index in [4.69, 9.17) is 14.2 Å². The Morgan fingerprint density at radius 1 is 1.00 bits per heavy atom. The van der Waals surface area contributed by atoms with Crippen molar-refractivity contribution >= 4 is 5.91 Å². The molecule has 2 aromatic rings. The third-order valence-corrected chi connectivity index (χ3v) is 3.37. The first-order valence-corrected chi connectivity index (χ1v) is 7.34. The van der Waals surface area contributed by atoms with Crippen LogP contribution in [0.25, 0.3) is 0 Å². The minimum absolute atomic E-state index is 0.0441. The van der Waals surface area contributed by atoms with Crippen molar-refractivity contribution in [3.8, 4) is 11.5 Å². The highest BCUT2D eigenvalue weighted by Crippen LogP contribution is 2.17. The van der Waals surface area contributed by atoms with Gasteiger partial charge in [0.25, 0.3) is 5.91 Å². The second-order valence-corrected chi connectivity index (χ2v) is 4.90. The van der Waals surface area contributed by atoms with Gasteiger partial charge in [-0.05, 0) is 29.8 Å². The van der Waals surface area contributed by atoms with Gasteiger partial charge in [0, 0.05) is 13.7 Å². The maximum Gasteiger partial charge on any atom is 0.258 e. The van der Waals surface area contributed by atoms with Gasteiger partial charge in [0.2, 0.25) is 0 Å². The van der Waals surface area contributed by atoms with Crippen LogP contribution in [-0.2, 0) is 9.53 Å². The molecule has 0 bridgehead atoms. The zero-order valence-corrected chi connectivity index (χ0v) is 13.3. The van der Waals surface area contributed by atoms with Gasteiger partial charge in [-0.3, -0.25) is 4.79 Å². The summed E-state index contributed by atoms with van der Waals surface area (Å²) in [5.74, 6) is 1.17. The zero-order chi connectivity index (χ0) is 16.5. The fourth-order valence-corrected chi connectivity index (χ4v) is 2.08. The second-order valence-electron chi connectivity index (χ2n) is 4.90. The molecule has 5 heteroatoms. The Balaban J connectivity index is 1.77. The summed E-state index contributed by atoms with van der Waals surface area (Å²) in [5, 5.41) is 2.81. The van der Waals surface area contributed by atoms with Crippen LogP contribution < -0.4 is 14.8 Å². The number of benzene rings is 2. The summed E-state index contributed by atoms with van der Waals surface area (Å²) in [4.78, 5) is 11.9. The summed E-state index contributed by atoms with van der Waals surface area (Å²) >= 11 is 0. The highest BCUT2D eigenvalue weighted by molar-refractivity contribution is 5.77. The molecule has 2 rings (SSSR count). The van der Waals surface area contributed by atoms with Gasteiger partial charge < -0.3 is 19.5 Å². The van der Waals surface area contributed by atoms with Crippen LogP contribution in [0.4, 0.5) is 0 Å². The number of hydrogen-bond acceptors (Lipinski definition) is 4. The van der Waals surface area contributed by atoms with Crippen molar-refractivity contribution in [2.45, 2.75) is 6.10 Å². The standard InChI is InChI=1S/C18H21NO4/c1-21-15-8-10-16(11-9-15)23-13-18(20)19-12-17(22-2)14-6-4-3-5-7-14/h3-11,17H,12-13H2,1-2H3,(H,19,20). The third kappa shape index (κ3) is 5.30. The number of nitrogens with one attached hydrogen (secondary N) is 1. The molecular formula is C18H21NO4. The Morgan fingerprint density at radius 3 is 2.26 bits per heavy atom. The van der Waals surface area contributed by atoms with Gasteiger partial charge in [-0.1, -0.05) is 30.3 Å². The molecule has 0 aromatic heterocycles. The molecule has 23 heavy (non-hydrogen) atoms. The average Bonchev–Trinajstić information content (AvgIpc) is 2.62. The van der Waals surface area contributed by atoms with Crippen LogP contribution in [0.5, 0.6) is 11.5 Å². The molecule has 0 radical (unpaired) electrons. The Hall–Kier alpha value is -2.53. The van der Waals surface area contributed by atoms with E-state index in [0.717, 1.165) is 11.3 Å². The molecule has 5 nitrogen and oxygen atoms in total. The van der Waals surface area contributed by atoms with Gasteiger partial charge in [0.15, 0.2) is 6.61 Å². The monoisotopic (exact) mass is 315 g/mol. The maximum atomic E-state index is 11.9. The van der Waals surface area contributed by atoms with Crippen molar-refractivity contribution in [2.75, 3.05) is 27.4 Å². The molecule has 1 atom stereocenters. The highest BCUT2D eigenvalue weighted by Gasteiger charge is 2.12. The van der Waals surface area contributed by atoms with Gasteiger partial charge in [0.05, 0.1) is 13.2 Å². The molecule has 2 aromatic carbocycles. The largest absolute Gasteiger partial charge is 0.497 e. The highest BCUT2D eigenvalue weighted by atomic mass is 16.5. The predicted molar refractivity (Wildman–Crippen MR) is 87.7 cm³/mol. The normalized spacial score (nSPS) is 11.6. The van der Waals surface area contributed by atoms with Crippen LogP contribution in [0.3, 0.4) is 0 Å². The molecule has 0 aliphatic rings. The van der Waals surface area contributed by atoms with Gasteiger partial charge in [-0.15, -0.1) is 0 Å². The van der Waals surface area contributed by atoms with Crippen molar-refractivity contribution in [3.05, 3.63) is 60.2 Å². The molecule has 1 amide bonds. The molecule has 0 spiro atoms. The van der Waals surface area contributed by atoms with Crippen LogP contribution in [0.1, 0.15) is 11.7 Å². The predicted octanol–water partition coefficient (Wildman–Crippen LogP) is 2.58. The summed E-state index contributed by atoms with van der Waals surface area (Å²) in [7, 11) is 3.22. The summed E-state index contributed by atoms with van der Waals surface area (Å²) in [6.07, 6.45) is -0.180. The van der Waals surface area contributed by atoms with Gasteiger partial charge in [-0.25, -0.2) is 0 Å². The summed E-state index contributed by atoms with van der Waals surface area (Å²) in [6.45, 7) is 0.350. The van der Waals surface area contributed by atoms with E-state index in [-0.39, 0.29) is 18.6 Å². The number of rotatable bonds is 8. The lowest BCUT2D eigenvalue weighted by atomic mass is 10.1. The first kappa shape index (κ1) is 16.8. The SMILES string of the molecule is COc1ccc(OCC(=O)NCC(OC)c2ccccc2)cc1. The van der Waals surface area contributed by atoms with E-state index in [9.17, 15) is 4.79 Å². The van der Waals surface area contributed by atoms with Gasteiger partial charge in [-0.2, -0.15) is 0 Å². The molecule has 0 fully saturated rings. The molecule has 0 saturated heterocycles. The average molecular weight is 315 g/mol. The molecule has 0 heterocycles. The first-order chi connectivity index (χ1) is 11.2. The number of carbonyl (C=O) groups is 1. The molecule has 0 aliphatic carbocycles. The zero-order valence-electron chi connectivity index (χ0n) is 13.3. The lowest BCUT2D eigenvalue weighted by Crippen LogP contribution is -2.33. The molecule has 0 aliphatic heterocycles. The van der Waals surface area contributed by atoms with Crippen molar-refractivity contribution in [1.29, 1.82) is 0 Å². The topological polar surface area (TPSA) is 56.8 Å². The van der Waals surface area contributed by atoms with Crippen molar-refractivity contribution in [2.24, 2.45) is 0 Å². The first-order valence-electron chi connectivity index (χ1n) is 7.34. The lowest BCUT2D eigenvalue weighted by Gasteiger charge is -2.16. The maximum absolute atomic E-state index is 11.9. The van der Waals surface area contributed by atoms with Crippen LogP contribution >= 0.6 is 0 Å². The fourth-order valence-electron chi connectivity index (χ4n) is 2.08. The van der Waals surface area contributed by atoms with Crippen molar-refractivity contribution in [1.82, 2.24) is 5.32 Å². The summed E-state index contributed by atoms with van der Waals surface area (Å²) < 4.78 is 15.9. The molecule has 1 unspecified atom stereocenters. The van der Waals surface area contributed by atoms with E-state index in [1.807, 2.05) is 30.3 Å². The Kier molecular flexibility index (Phi) is 6.44. The van der Waals surface area contributed by atoms with E-state index in [1.165, 1.54) is 0 Å². The summed E-state index contributed by atoms with van der Waals surface area (Å²) in [6, 6.07) is 16.8. The van der Waals surface area contributed by atoms with E-state index in [2.05, 4.69) is 5.32 Å². The Labute approximate surface area is 136 Å². The number of amides is 1. The number of carbonyl (C=O) groups excluding carboxylic acids is 1. The van der Waals surface area contributed by atoms with Gasteiger partial charge >= 0.3 is 0 Å².